The third kappa shape index (κ3) is 4.24. The van der Waals surface area contributed by atoms with Gasteiger partial charge < -0.3 is 0 Å². The van der Waals surface area contributed by atoms with E-state index >= 15 is 0 Å². The third-order valence-electron chi connectivity index (χ3n) is 4.45. The maximum atomic E-state index is 14.6. The van der Waals surface area contributed by atoms with E-state index in [1.807, 2.05) is 50.2 Å². The number of aryl methyl sites for hydroxylation is 2. The van der Waals surface area contributed by atoms with Crippen LogP contribution in [0.4, 0.5) is 4.39 Å². The second kappa shape index (κ2) is 7.94. The monoisotopic (exact) mass is 330 g/mol. The number of benzene rings is 3. The lowest BCUT2D eigenvalue weighted by molar-refractivity contribution is 0.632. The Balaban J connectivity index is 1.81. The summed E-state index contributed by atoms with van der Waals surface area (Å²) in [5, 5.41) is 0. The quantitative estimate of drug-likeness (QED) is 0.443. The highest BCUT2D eigenvalue weighted by Gasteiger charge is 2.07. The molecule has 0 aromatic heterocycles. The summed E-state index contributed by atoms with van der Waals surface area (Å²) >= 11 is 0. The van der Waals surface area contributed by atoms with Crippen molar-refractivity contribution in [3.8, 4) is 22.3 Å². The van der Waals surface area contributed by atoms with E-state index in [0.29, 0.717) is 5.56 Å². The van der Waals surface area contributed by atoms with Crippen molar-refractivity contribution in [1.82, 2.24) is 0 Å². The summed E-state index contributed by atoms with van der Waals surface area (Å²) < 4.78 is 14.6. The van der Waals surface area contributed by atoms with Crippen LogP contribution in [-0.4, -0.2) is 0 Å². The maximum absolute atomic E-state index is 14.6. The van der Waals surface area contributed by atoms with Gasteiger partial charge >= 0.3 is 0 Å². The minimum atomic E-state index is -0.182. The molecule has 3 aromatic rings. The lowest BCUT2D eigenvalue weighted by atomic mass is 9.98. The van der Waals surface area contributed by atoms with Crippen molar-refractivity contribution < 1.29 is 4.39 Å². The molecule has 0 aliphatic rings. The lowest BCUT2D eigenvalue weighted by Crippen LogP contribution is -1.88. The predicted octanol–water partition coefficient (Wildman–Crippen LogP) is 6.98. The van der Waals surface area contributed by atoms with Crippen molar-refractivity contribution >= 4 is 0 Å². The Morgan fingerprint density at radius 1 is 0.800 bits per heavy atom. The molecule has 0 aliphatic heterocycles. The molecule has 0 spiro atoms. The molecule has 0 N–H and O–H groups in total. The first kappa shape index (κ1) is 17.2. The molecule has 126 valence electrons. The number of hydrogen-bond acceptors (Lipinski definition) is 0. The zero-order valence-corrected chi connectivity index (χ0v) is 14.8. The molecular weight excluding hydrogens is 307 g/mol. The van der Waals surface area contributed by atoms with E-state index in [4.69, 9.17) is 0 Å². The van der Waals surface area contributed by atoms with Gasteiger partial charge in [-0.2, -0.15) is 0 Å². The van der Waals surface area contributed by atoms with Gasteiger partial charge in [0.05, 0.1) is 0 Å². The molecule has 0 saturated carbocycles. The van der Waals surface area contributed by atoms with Crippen LogP contribution in [0.1, 0.15) is 24.5 Å². The van der Waals surface area contributed by atoms with E-state index in [-0.39, 0.29) is 5.82 Å². The Labute approximate surface area is 149 Å². The highest BCUT2D eigenvalue weighted by molar-refractivity contribution is 5.71. The Hall–Kier alpha value is -2.67. The summed E-state index contributed by atoms with van der Waals surface area (Å²) in [5.74, 6) is -0.182. The van der Waals surface area contributed by atoms with E-state index in [1.54, 1.807) is 6.07 Å². The van der Waals surface area contributed by atoms with Crippen LogP contribution >= 0.6 is 0 Å². The summed E-state index contributed by atoms with van der Waals surface area (Å²) in [5.41, 5.74) is 5.99. The molecule has 0 radical (unpaired) electrons. The summed E-state index contributed by atoms with van der Waals surface area (Å²) in [6.45, 7) is 4.07. The first-order valence-electron chi connectivity index (χ1n) is 8.74. The Morgan fingerprint density at radius 2 is 1.44 bits per heavy atom. The van der Waals surface area contributed by atoms with Crippen LogP contribution in [0.3, 0.4) is 0 Å². The molecule has 0 nitrogen and oxygen atoms in total. The Kier molecular flexibility index (Phi) is 5.45. The SMILES string of the molecule is CC=CCCc1ccc(-c2ccc(-c3ccc(C)cc3)c(F)c2)cc1. The Morgan fingerprint density at radius 3 is 2.08 bits per heavy atom. The number of rotatable bonds is 5. The van der Waals surface area contributed by atoms with Gasteiger partial charge in [0.2, 0.25) is 0 Å². The second-order valence-electron chi connectivity index (χ2n) is 6.37. The van der Waals surface area contributed by atoms with Crippen LogP contribution < -0.4 is 0 Å². The van der Waals surface area contributed by atoms with Gasteiger partial charge in [0.1, 0.15) is 5.82 Å². The van der Waals surface area contributed by atoms with Crippen LogP contribution in [0.5, 0.6) is 0 Å². The number of allylic oxidation sites excluding steroid dienone is 2. The number of halogens is 1. The number of hydrogen-bond donors (Lipinski definition) is 0. The van der Waals surface area contributed by atoms with Crippen molar-refractivity contribution in [3.05, 3.63) is 95.8 Å². The van der Waals surface area contributed by atoms with Crippen molar-refractivity contribution in [3.63, 3.8) is 0 Å². The fourth-order valence-electron chi connectivity index (χ4n) is 2.94. The highest BCUT2D eigenvalue weighted by atomic mass is 19.1. The summed E-state index contributed by atoms with van der Waals surface area (Å²) in [7, 11) is 0. The van der Waals surface area contributed by atoms with Gasteiger partial charge in [-0.15, -0.1) is 0 Å². The van der Waals surface area contributed by atoms with Crippen LogP contribution in [-0.2, 0) is 6.42 Å². The maximum Gasteiger partial charge on any atom is 0.131 e. The average Bonchev–Trinajstić information content (AvgIpc) is 2.63. The zero-order chi connectivity index (χ0) is 17.6. The first-order valence-corrected chi connectivity index (χ1v) is 8.74. The third-order valence-corrected chi connectivity index (χ3v) is 4.45. The second-order valence-corrected chi connectivity index (χ2v) is 6.37. The van der Waals surface area contributed by atoms with Gasteiger partial charge in [0.25, 0.3) is 0 Å². The summed E-state index contributed by atoms with van der Waals surface area (Å²) in [6.07, 6.45) is 6.33. The zero-order valence-electron chi connectivity index (χ0n) is 14.8. The molecule has 0 aliphatic carbocycles. The molecule has 0 fully saturated rings. The molecule has 0 saturated heterocycles. The lowest BCUT2D eigenvalue weighted by Gasteiger charge is -2.08. The topological polar surface area (TPSA) is 0 Å². The molecule has 0 atom stereocenters. The highest BCUT2D eigenvalue weighted by Crippen LogP contribution is 2.28. The summed E-state index contributed by atoms with van der Waals surface area (Å²) in [6, 6.07) is 21.8. The van der Waals surface area contributed by atoms with Gasteiger partial charge in [-0.1, -0.05) is 78.4 Å². The van der Waals surface area contributed by atoms with E-state index in [9.17, 15) is 4.39 Å². The minimum Gasteiger partial charge on any atom is -0.206 e. The largest absolute Gasteiger partial charge is 0.206 e. The molecule has 0 unspecified atom stereocenters. The van der Waals surface area contributed by atoms with E-state index in [0.717, 1.165) is 29.5 Å². The summed E-state index contributed by atoms with van der Waals surface area (Å²) in [4.78, 5) is 0. The molecule has 25 heavy (non-hydrogen) atoms. The average molecular weight is 330 g/mol. The first-order chi connectivity index (χ1) is 12.2. The molecular formula is C24H23F. The molecule has 0 amide bonds. The van der Waals surface area contributed by atoms with Crippen molar-refractivity contribution in [1.29, 1.82) is 0 Å². The molecule has 3 rings (SSSR count). The van der Waals surface area contributed by atoms with Crippen LogP contribution in [0.15, 0.2) is 78.9 Å². The van der Waals surface area contributed by atoms with E-state index < -0.39 is 0 Å². The van der Waals surface area contributed by atoms with Crippen molar-refractivity contribution in [2.24, 2.45) is 0 Å². The van der Waals surface area contributed by atoms with E-state index in [1.165, 1.54) is 11.1 Å². The van der Waals surface area contributed by atoms with Crippen molar-refractivity contribution in [2.45, 2.75) is 26.7 Å². The van der Waals surface area contributed by atoms with Crippen LogP contribution in [0, 0.1) is 12.7 Å². The van der Waals surface area contributed by atoms with Crippen LogP contribution in [0.25, 0.3) is 22.3 Å². The van der Waals surface area contributed by atoms with Gasteiger partial charge in [0.15, 0.2) is 0 Å². The molecule has 1 heteroatoms. The standard InChI is InChI=1S/C24H23F/c1-3-4-5-6-19-9-13-20(14-10-19)22-15-16-23(24(25)17-22)21-11-7-18(2)8-12-21/h3-4,7-17H,5-6H2,1-2H3. The van der Waals surface area contributed by atoms with Gasteiger partial charge in [-0.05, 0) is 55.0 Å². The Bertz CT molecular complexity index is 856. The van der Waals surface area contributed by atoms with Gasteiger partial charge in [0, 0.05) is 5.56 Å². The predicted molar refractivity (Wildman–Crippen MR) is 105 cm³/mol. The van der Waals surface area contributed by atoms with Gasteiger partial charge in [-0.25, -0.2) is 4.39 Å². The van der Waals surface area contributed by atoms with Crippen molar-refractivity contribution in [2.75, 3.05) is 0 Å². The fourth-order valence-corrected chi connectivity index (χ4v) is 2.94. The molecule has 0 heterocycles. The fraction of sp³-hybridized carbons (Fsp3) is 0.167. The van der Waals surface area contributed by atoms with Crippen LogP contribution in [0.2, 0.25) is 0 Å². The smallest absolute Gasteiger partial charge is 0.131 e. The van der Waals surface area contributed by atoms with Gasteiger partial charge in [-0.3, -0.25) is 0 Å². The normalized spacial score (nSPS) is 11.2. The molecule has 0 bridgehead atoms. The van der Waals surface area contributed by atoms with E-state index in [2.05, 4.69) is 36.4 Å². The minimum absolute atomic E-state index is 0.182. The molecule has 3 aromatic carbocycles.